The second-order valence-corrected chi connectivity index (χ2v) is 7.30. The zero-order chi connectivity index (χ0) is 16.1. The number of hydrogen-bond donors (Lipinski definition) is 1. The maximum absolute atomic E-state index is 13.1. The summed E-state index contributed by atoms with van der Waals surface area (Å²) in [5, 5.41) is 0. The van der Waals surface area contributed by atoms with Crippen molar-refractivity contribution in [3.05, 3.63) is 29.3 Å². The molecule has 5 rings (SSSR count). The summed E-state index contributed by atoms with van der Waals surface area (Å²) in [6.45, 7) is 2.04. The van der Waals surface area contributed by atoms with Crippen LogP contribution in [0.4, 0.5) is 0 Å². The van der Waals surface area contributed by atoms with Crippen LogP contribution < -0.4 is 10.7 Å². The Morgan fingerprint density at radius 1 is 1.04 bits per heavy atom. The second-order valence-electron chi connectivity index (χ2n) is 7.30. The topological polar surface area (TPSA) is 69.4 Å². The SMILES string of the molecule is CCc1ccc(ON)cc1C1C(=O)C2C3CCC(CC3)C2C1=O. The normalized spacial score (nSPS) is 35.5. The molecule has 2 unspecified atom stereocenters. The van der Waals surface area contributed by atoms with Gasteiger partial charge in [-0.1, -0.05) is 13.0 Å². The van der Waals surface area contributed by atoms with Crippen molar-refractivity contribution in [1.29, 1.82) is 0 Å². The molecule has 4 fully saturated rings. The maximum atomic E-state index is 13.1. The molecule has 0 heterocycles. The van der Waals surface area contributed by atoms with Gasteiger partial charge in [-0.25, -0.2) is 0 Å². The minimum Gasteiger partial charge on any atom is -0.412 e. The van der Waals surface area contributed by atoms with Gasteiger partial charge in [0.05, 0.1) is 0 Å². The number of rotatable bonds is 3. The summed E-state index contributed by atoms with van der Waals surface area (Å²) in [6, 6.07) is 5.51. The predicted octanol–water partition coefficient (Wildman–Crippen LogP) is 2.79. The van der Waals surface area contributed by atoms with Crippen LogP contribution in [-0.4, -0.2) is 11.6 Å². The Hall–Kier alpha value is -1.68. The Morgan fingerprint density at radius 2 is 1.61 bits per heavy atom. The highest BCUT2D eigenvalue weighted by Crippen LogP contribution is 2.56. The van der Waals surface area contributed by atoms with E-state index in [1.807, 2.05) is 13.0 Å². The number of fused-ring (bicyclic) bond motifs is 2. The summed E-state index contributed by atoms with van der Waals surface area (Å²) in [7, 11) is 0. The fraction of sp³-hybridized carbons (Fsp3) is 0.579. The van der Waals surface area contributed by atoms with Gasteiger partial charge in [0, 0.05) is 11.8 Å². The first-order valence-corrected chi connectivity index (χ1v) is 8.72. The summed E-state index contributed by atoms with van der Waals surface area (Å²) in [4.78, 5) is 31.1. The number of carbonyl (C=O) groups excluding carboxylic acids is 2. The van der Waals surface area contributed by atoms with Crippen molar-refractivity contribution in [3.8, 4) is 5.75 Å². The Balaban J connectivity index is 1.78. The summed E-state index contributed by atoms with van der Waals surface area (Å²) >= 11 is 0. The van der Waals surface area contributed by atoms with Crippen LogP contribution in [0.3, 0.4) is 0 Å². The van der Waals surface area contributed by atoms with Crippen LogP contribution in [-0.2, 0) is 16.0 Å². The number of hydrogen-bond acceptors (Lipinski definition) is 4. The van der Waals surface area contributed by atoms with E-state index in [0.717, 1.165) is 43.2 Å². The molecule has 0 amide bonds. The molecule has 2 bridgehead atoms. The van der Waals surface area contributed by atoms with Gasteiger partial charge in [-0.2, -0.15) is 5.90 Å². The van der Waals surface area contributed by atoms with E-state index in [4.69, 9.17) is 10.7 Å². The molecule has 0 aromatic heterocycles. The van der Waals surface area contributed by atoms with E-state index in [9.17, 15) is 9.59 Å². The lowest BCUT2D eigenvalue weighted by atomic mass is 9.59. The van der Waals surface area contributed by atoms with Crippen molar-refractivity contribution in [2.24, 2.45) is 29.6 Å². The molecule has 4 aliphatic carbocycles. The molecule has 4 heteroatoms. The Kier molecular flexibility index (Phi) is 3.52. The molecule has 0 saturated heterocycles. The third-order valence-electron chi connectivity index (χ3n) is 6.39. The van der Waals surface area contributed by atoms with Crippen LogP contribution in [0.2, 0.25) is 0 Å². The molecule has 4 nitrogen and oxygen atoms in total. The Labute approximate surface area is 136 Å². The van der Waals surface area contributed by atoms with Gasteiger partial charge in [-0.15, -0.1) is 0 Å². The van der Waals surface area contributed by atoms with E-state index >= 15 is 0 Å². The average molecular weight is 313 g/mol. The molecule has 1 aromatic carbocycles. The summed E-state index contributed by atoms with van der Waals surface area (Å²) in [5.41, 5.74) is 1.86. The van der Waals surface area contributed by atoms with Gasteiger partial charge in [0.2, 0.25) is 0 Å². The number of aryl methyl sites for hydroxylation is 1. The van der Waals surface area contributed by atoms with E-state index in [-0.39, 0.29) is 23.4 Å². The Morgan fingerprint density at radius 3 is 2.09 bits per heavy atom. The number of benzene rings is 1. The van der Waals surface area contributed by atoms with Crippen LogP contribution in [0.1, 0.15) is 49.7 Å². The van der Waals surface area contributed by atoms with Crippen molar-refractivity contribution >= 4 is 11.6 Å². The number of nitrogens with two attached hydrogens (primary N) is 1. The van der Waals surface area contributed by atoms with E-state index in [1.54, 1.807) is 12.1 Å². The van der Waals surface area contributed by atoms with Gasteiger partial charge in [-0.05, 0) is 67.2 Å². The monoisotopic (exact) mass is 313 g/mol. The van der Waals surface area contributed by atoms with Gasteiger partial charge in [0.15, 0.2) is 11.6 Å². The number of Topliss-reactive ketones (excluding diaryl/α,β-unsaturated/α-hetero) is 2. The molecular formula is C19H23NO3. The summed E-state index contributed by atoms with van der Waals surface area (Å²) in [6.07, 6.45) is 5.25. The van der Waals surface area contributed by atoms with E-state index in [2.05, 4.69) is 0 Å². The Bertz CT molecular complexity index is 631. The third kappa shape index (κ3) is 2.08. The lowest BCUT2D eigenvalue weighted by Gasteiger charge is -2.43. The van der Waals surface area contributed by atoms with Gasteiger partial charge in [-0.3, -0.25) is 9.59 Å². The maximum Gasteiger partial charge on any atom is 0.151 e. The molecule has 0 radical (unpaired) electrons. The first-order valence-electron chi connectivity index (χ1n) is 8.72. The quantitative estimate of drug-likeness (QED) is 0.688. The van der Waals surface area contributed by atoms with Crippen molar-refractivity contribution in [1.82, 2.24) is 0 Å². The molecule has 1 aromatic rings. The first-order chi connectivity index (χ1) is 11.2. The standard InChI is InChI=1S/C19H23NO3/c1-2-10-7-8-13(23-20)9-14(10)17-18(21)15-11-3-4-12(6-5-11)16(15)19(17)22/h7-9,11-12,15-17H,2-6,20H2,1H3. The fourth-order valence-electron chi connectivity index (χ4n) is 5.34. The lowest BCUT2D eigenvalue weighted by Crippen LogP contribution is -2.41. The minimum absolute atomic E-state index is 0.0350. The van der Waals surface area contributed by atoms with E-state index in [1.165, 1.54) is 0 Å². The second kappa shape index (κ2) is 5.45. The predicted molar refractivity (Wildman–Crippen MR) is 85.8 cm³/mol. The molecule has 0 spiro atoms. The van der Waals surface area contributed by atoms with Crippen LogP contribution in [0.5, 0.6) is 5.75 Å². The number of ketones is 2. The zero-order valence-corrected chi connectivity index (χ0v) is 13.5. The summed E-state index contributed by atoms with van der Waals surface area (Å²) < 4.78 is 0. The van der Waals surface area contributed by atoms with Gasteiger partial charge in [0.25, 0.3) is 0 Å². The molecule has 2 N–H and O–H groups in total. The highest BCUT2D eigenvalue weighted by atomic mass is 16.6. The van der Waals surface area contributed by atoms with Crippen LogP contribution in [0, 0.1) is 23.7 Å². The molecule has 122 valence electrons. The highest BCUT2D eigenvalue weighted by molar-refractivity contribution is 6.16. The van der Waals surface area contributed by atoms with Gasteiger partial charge >= 0.3 is 0 Å². The van der Waals surface area contributed by atoms with E-state index < -0.39 is 5.92 Å². The van der Waals surface area contributed by atoms with Crippen LogP contribution >= 0.6 is 0 Å². The zero-order valence-electron chi connectivity index (χ0n) is 13.5. The minimum atomic E-state index is -0.601. The van der Waals surface area contributed by atoms with Crippen molar-refractivity contribution in [2.45, 2.75) is 44.9 Å². The average Bonchev–Trinajstić information content (AvgIpc) is 2.88. The van der Waals surface area contributed by atoms with Gasteiger partial charge in [0.1, 0.15) is 11.7 Å². The molecule has 23 heavy (non-hydrogen) atoms. The van der Waals surface area contributed by atoms with Crippen molar-refractivity contribution < 1.29 is 14.4 Å². The third-order valence-corrected chi connectivity index (χ3v) is 6.39. The molecular weight excluding hydrogens is 290 g/mol. The fourth-order valence-corrected chi connectivity index (χ4v) is 5.34. The van der Waals surface area contributed by atoms with E-state index in [0.29, 0.717) is 17.6 Å². The smallest absolute Gasteiger partial charge is 0.151 e. The largest absolute Gasteiger partial charge is 0.412 e. The van der Waals surface area contributed by atoms with Crippen LogP contribution in [0.25, 0.3) is 0 Å². The van der Waals surface area contributed by atoms with Gasteiger partial charge < -0.3 is 4.84 Å². The van der Waals surface area contributed by atoms with Crippen molar-refractivity contribution in [3.63, 3.8) is 0 Å². The molecule has 2 atom stereocenters. The number of carbonyl (C=O) groups is 2. The van der Waals surface area contributed by atoms with Crippen molar-refractivity contribution in [2.75, 3.05) is 0 Å². The summed E-state index contributed by atoms with van der Waals surface area (Å²) in [5.74, 6) is 6.26. The molecule has 4 saturated carbocycles. The van der Waals surface area contributed by atoms with Crippen LogP contribution in [0.15, 0.2) is 18.2 Å². The molecule has 4 aliphatic rings. The lowest BCUT2D eigenvalue weighted by molar-refractivity contribution is -0.129. The highest BCUT2D eigenvalue weighted by Gasteiger charge is 2.59. The molecule has 0 aliphatic heterocycles. The first kappa shape index (κ1) is 14.9.